The van der Waals surface area contributed by atoms with E-state index < -0.39 is 5.82 Å². The smallest absolute Gasteiger partial charge is 0.181 e. The molecule has 6 aromatic rings. The predicted molar refractivity (Wildman–Crippen MR) is 124 cm³/mol. The number of benzene rings is 1. The molecule has 0 atom stereocenters. The van der Waals surface area contributed by atoms with Gasteiger partial charge in [-0.1, -0.05) is 0 Å². The van der Waals surface area contributed by atoms with E-state index in [1.54, 1.807) is 31.0 Å². The zero-order chi connectivity index (χ0) is 22.5. The molecule has 0 aliphatic heterocycles. The number of phenolic OH excluding ortho intramolecular Hbond substituents is 1. The molecule has 5 heterocycles. The molecule has 0 unspecified atom stereocenters. The number of nitrogens with one attached hydrogen (secondary N) is 2. The standard InChI is InChI=1S/C24H16FN7O/c25-15-1-12(3-17(33)5-15)20-10-28-11-22-18(20)6-21(30-22)23-19-4-14(8-29-24(19)32-31-23)13-2-16(26)9-27-7-13/h1-11,30,33H,26H2,(H,29,31,32). The van der Waals surface area contributed by atoms with Gasteiger partial charge in [-0.25, -0.2) is 9.37 Å². The minimum Gasteiger partial charge on any atom is -0.508 e. The van der Waals surface area contributed by atoms with Gasteiger partial charge in [0.25, 0.3) is 0 Å². The van der Waals surface area contributed by atoms with Crippen LogP contribution in [0.2, 0.25) is 0 Å². The fraction of sp³-hybridized carbons (Fsp3) is 0. The monoisotopic (exact) mass is 437 g/mol. The minimum atomic E-state index is -0.521. The highest BCUT2D eigenvalue weighted by molar-refractivity contribution is 6.00. The fourth-order valence-corrected chi connectivity index (χ4v) is 4.02. The van der Waals surface area contributed by atoms with Gasteiger partial charge in [0.1, 0.15) is 11.6 Å². The van der Waals surface area contributed by atoms with Crippen molar-refractivity contribution in [2.75, 3.05) is 5.73 Å². The van der Waals surface area contributed by atoms with Gasteiger partial charge in [0.05, 0.1) is 28.8 Å². The summed E-state index contributed by atoms with van der Waals surface area (Å²) in [6.07, 6.45) is 8.39. The van der Waals surface area contributed by atoms with Crippen molar-refractivity contribution >= 4 is 27.6 Å². The van der Waals surface area contributed by atoms with Gasteiger partial charge in [-0.3, -0.25) is 15.1 Å². The SMILES string of the molecule is Nc1cncc(-c2cnc3n[nH]c(-c4cc5c(-c6cc(O)cc(F)c6)cncc5[nH]4)c3c2)c1. The molecule has 5 N–H and O–H groups in total. The lowest BCUT2D eigenvalue weighted by atomic mass is 10.0. The zero-order valence-corrected chi connectivity index (χ0v) is 17.0. The van der Waals surface area contributed by atoms with Crippen LogP contribution in [0, 0.1) is 5.82 Å². The Morgan fingerprint density at radius 1 is 0.818 bits per heavy atom. The van der Waals surface area contributed by atoms with Crippen LogP contribution in [-0.4, -0.2) is 35.2 Å². The summed E-state index contributed by atoms with van der Waals surface area (Å²) in [7, 11) is 0. The lowest BCUT2D eigenvalue weighted by molar-refractivity contribution is 0.469. The number of hydrogen-bond acceptors (Lipinski definition) is 6. The third-order valence-corrected chi connectivity index (χ3v) is 5.51. The number of nitrogens with two attached hydrogens (primary N) is 1. The highest BCUT2D eigenvalue weighted by Crippen LogP contribution is 2.35. The number of aromatic nitrogens is 6. The van der Waals surface area contributed by atoms with E-state index in [0.29, 0.717) is 22.5 Å². The van der Waals surface area contributed by atoms with Gasteiger partial charge in [0.2, 0.25) is 0 Å². The number of aromatic hydroxyl groups is 1. The van der Waals surface area contributed by atoms with Gasteiger partial charge < -0.3 is 15.8 Å². The summed E-state index contributed by atoms with van der Waals surface area (Å²) in [6.45, 7) is 0. The average Bonchev–Trinajstić information content (AvgIpc) is 3.41. The van der Waals surface area contributed by atoms with E-state index in [1.165, 1.54) is 12.1 Å². The summed E-state index contributed by atoms with van der Waals surface area (Å²) >= 11 is 0. The predicted octanol–water partition coefficient (Wildman–Crippen LogP) is 4.66. The Bertz CT molecular complexity index is 1650. The van der Waals surface area contributed by atoms with Crippen LogP contribution in [-0.2, 0) is 0 Å². The number of hydrogen-bond donors (Lipinski definition) is 4. The highest BCUT2D eigenvalue weighted by Gasteiger charge is 2.15. The minimum absolute atomic E-state index is 0.146. The number of nitrogen functional groups attached to an aromatic ring is 1. The number of pyridine rings is 3. The number of phenols is 1. The molecule has 5 aromatic heterocycles. The third-order valence-electron chi connectivity index (χ3n) is 5.51. The van der Waals surface area contributed by atoms with Crippen molar-refractivity contribution in [3.8, 4) is 39.4 Å². The molecule has 160 valence electrons. The van der Waals surface area contributed by atoms with E-state index in [9.17, 15) is 9.50 Å². The summed E-state index contributed by atoms with van der Waals surface area (Å²) in [5, 5.41) is 18.9. The molecule has 0 fully saturated rings. The topological polar surface area (TPSA) is 129 Å². The Morgan fingerprint density at radius 3 is 2.52 bits per heavy atom. The first-order valence-corrected chi connectivity index (χ1v) is 10.1. The molecule has 9 heteroatoms. The van der Waals surface area contributed by atoms with Gasteiger partial charge in [0, 0.05) is 58.3 Å². The fourth-order valence-electron chi connectivity index (χ4n) is 4.02. The van der Waals surface area contributed by atoms with Crippen LogP contribution in [0.15, 0.2) is 67.4 Å². The maximum Gasteiger partial charge on any atom is 0.181 e. The van der Waals surface area contributed by atoms with Crippen molar-refractivity contribution in [2.45, 2.75) is 0 Å². The summed E-state index contributed by atoms with van der Waals surface area (Å²) in [5.74, 6) is -0.668. The molecule has 1 aromatic carbocycles. The van der Waals surface area contributed by atoms with Gasteiger partial charge in [-0.2, -0.15) is 5.10 Å². The van der Waals surface area contributed by atoms with E-state index in [0.717, 1.165) is 44.9 Å². The molecular weight excluding hydrogens is 421 g/mol. The molecule has 33 heavy (non-hydrogen) atoms. The number of fused-ring (bicyclic) bond motifs is 2. The van der Waals surface area contributed by atoms with E-state index >= 15 is 0 Å². The van der Waals surface area contributed by atoms with Gasteiger partial charge >= 0.3 is 0 Å². The first kappa shape index (κ1) is 18.9. The lowest BCUT2D eigenvalue weighted by Gasteiger charge is -2.04. The first-order valence-electron chi connectivity index (χ1n) is 10.1. The number of anilines is 1. The normalized spacial score (nSPS) is 11.4. The molecular formula is C24H16FN7O. The Labute approximate surface area is 186 Å². The van der Waals surface area contributed by atoms with E-state index in [2.05, 4.69) is 30.1 Å². The molecule has 0 aliphatic carbocycles. The molecule has 0 aliphatic rings. The Hall–Kier alpha value is -4.79. The molecule has 8 nitrogen and oxygen atoms in total. The van der Waals surface area contributed by atoms with Crippen molar-refractivity contribution in [3.63, 3.8) is 0 Å². The van der Waals surface area contributed by atoms with E-state index in [4.69, 9.17) is 5.73 Å². The van der Waals surface area contributed by atoms with Crippen LogP contribution < -0.4 is 5.73 Å². The highest BCUT2D eigenvalue weighted by atomic mass is 19.1. The number of H-pyrrole nitrogens is 2. The van der Waals surface area contributed by atoms with Crippen molar-refractivity contribution in [2.24, 2.45) is 0 Å². The Balaban J connectivity index is 1.51. The summed E-state index contributed by atoms with van der Waals surface area (Å²) < 4.78 is 13.9. The molecule has 0 saturated heterocycles. The third kappa shape index (κ3) is 3.23. The van der Waals surface area contributed by atoms with Crippen molar-refractivity contribution in [1.82, 2.24) is 30.1 Å². The quantitative estimate of drug-likeness (QED) is 0.319. The van der Waals surface area contributed by atoms with Gasteiger partial charge in [-0.05, 0) is 35.9 Å². The van der Waals surface area contributed by atoms with Crippen molar-refractivity contribution in [3.05, 3.63) is 73.2 Å². The maximum atomic E-state index is 13.9. The molecule has 0 amide bonds. The Kier molecular flexibility index (Phi) is 4.09. The van der Waals surface area contributed by atoms with Crippen LogP contribution in [0.4, 0.5) is 10.1 Å². The summed E-state index contributed by atoms with van der Waals surface area (Å²) in [6, 6.07) is 9.70. The number of nitrogens with zero attached hydrogens (tertiary/aromatic N) is 4. The average molecular weight is 437 g/mol. The Morgan fingerprint density at radius 2 is 1.67 bits per heavy atom. The second-order valence-corrected chi connectivity index (χ2v) is 7.73. The molecule has 0 saturated carbocycles. The maximum absolute atomic E-state index is 13.9. The van der Waals surface area contributed by atoms with E-state index in [-0.39, 0.29) is 5.75 Å². The van der Waals surface area contributed by atoms with Crippen LogP contribution in [0.1, 0.15) is 0 Å². The second-order valence-electron chi connectivity index (χ2n) is 7.73. The largest absolute Gasteiger partial charge is 0.508 e. The van der Waals surface area contributed by atoms with Crippen LogP contribution >= 0.6 is 0 Å². The zero-order valence-electron chi connectivity index (χ0n) is 17.0. The van der Waals surface area contributed by atoms with Crippen LogP contribution in [0.3, 0.4) is 0 Å². The van der Waals surface area contributed by atoms with Crippen molar-refractivity contribution in [1.29, 1.82) is 0 Å². The number of aromatic amines is 2. The lowest BCUT2D eigenvalue weighted by Crippen LogP contribution is -1.88. The molecule has 6 rings (SSSR count). The van der Waals surface area contributed by atoms with Crippen LogP contribution in [0.5, 0.6) is 5.75 Å². The number of rotatable bonds is 3. The first-order chi connectivity index (χ1) is 16.0. The second kappa shape index (κ2) is 7.13. The summed E-state index contributed by atoms with van der Waals surface area (Å²) in [5.41, 5.74) is 12.2. The van der Waals surface area contributed by atoms with E-state index in [1.807, 2.05) is 18.2 Å². The molecule has 0 bridgehead atoms. The van der Waals surface area contributed by atoms with Gasteiger partial charge in [-0.15, -0.1) is 0 Å². The molecule has 0 radical (unpaired) electrons. The molecule has 0 spiro atoms. The van der Waals surface area contributed by atoms with Crippen LogP contribution in [0.25, 0.3) is 55.6 Å². The number of halogens is 1. The van der Waals surface area contributed by atoms with Crippen molar-refractivity contribution < 1.29 is 9.50 Å². The summed E-state index contributed by atoms with van der Waals surface area (Å²) in [4.78, 5) is 16.2. The van der Waals surface area contributed by atoms with Gasteiger partial charge in [0.15, 0.2) is 5.65 Å².